The van der Waals surface area contributed by atoms with Crippen LogP contribution in [0, 0.1) is 23.7 Å². The number of aliphatic hydroxyl groups is 1. The second-order valence-electron chi connectivity index (χ2n) is 9.88. The standard InChI is InChI=1S/C19H17F5N4O4.C14H8F2N2O3/c20-17(21)32-15-4-3-13(7-12(15)2-1-11-8-26-18(25)27-9-11)16(30)28-14(10-29)5-6-31-19(22,23)24;15-14(16)21-12-4-3-11(13(19)20)5-10(12)2-1-9-6-17-8-18-7-9/h3-4,7-9,14,17,29H,5-6,10H2,(H,28,30)(H2,25,26,27);3-8,14H,(H,19,20). The molecule has 4 rings (SSSR count). The Hall–Kier alpha value is -6.51. The Bertz CT molecular complexity index is 1970. The predicted molar refractivity (Wildman–Crippen MR) is 169 cm³/mol. The van der Waals surface area contributed by atoms with Gasteiger partial charge in [0.2, 0.25) is 5.95 Å². The molecule has 0 bridgehead atoms. The molecule has 13 nitrogen and oxygen atoms in total. The second-order valence-corrected chi connectivity index (χ2v) is 9.88. The Kier molecular flexibility index (Phi) is 15.3. The van der Waals surface area contributed by atoms with E-state index in [2.05, 4.69) is 63.1 Å². The number of aromatic nitrogens is 4. The lowest BCUT2D eigenvalue weighted by atomic mass is 10.1. The van der Waals surface area contributed by atoms with Crippen molar-refractivity contribution in [2.24, 2.45) is 0 Å². The summed E-state index contributed by atoms with van der Waals surface area (Å²) < 4.78 is 98.5. The van der Waals surface area contributed by atoms with Crippen molar-refractivity contribution in [2.45, 2.75) is 32.0 Å². The fraction of sp³-hybridized carbons (Fsp3) is 0.212. The number of hydrogen-bond acceptors (Lipinski definition) is 11. The number of nitrogens with one attached hydrogen (secondary N) is 1. The number of hydrogen-bond donors (Lipinski definition) is 4. The third-order valence-electron chi connectivity index (χ3n) is 6.10. The lowest BCUT2D eigenvalue weighted by Gasteiger charge is -2.17. The zero-order valence-corrected chi connectivity index (χ0v) is 26.7. The number of halogens is 7. The van der Waals surface area contributed by atoms with Gasteiger partial charge in [0.05, 0.1) is 47.1 Å². The van der Waals surface area contributed by atoms with Crippen molar-refractivity contribution in [3.8, 4) is 35.2 Å². The summed E-state index contributed by atoms with van der Waals surface area (Å²) in [5.74, 6) is 7.94. The first-order valence-corrected chi connectivity index (χ1v) is 14.5. The van der Waals surface area contributed by atoms with Crippen molar-refractivity contribution in [2.75, 3.05) is 18.9 Å². The van der Waals surface area contributed by atoms with Crippen LogP contribution in [0.3, 0.4) is 0 Å². The molecule has 53 heavy (non-hydrogen) atoms. The molecule has 2 aromatic heterocycles. The van der Waals surface area contributed by atoms with Gasteiger partial charge in [-0.3, -0.25) is 9.53 Å². The molecule has 0 aliphatic heterocycles. The summed E-state index contributed by atoms with van der Waals surface area (Å²) in [5, 5.41) is 20.5. The van der Waals surface area contributed by atoms with Gasteiger partial charge < -0.3 is 30.7 Å². The van der Waals surface area contributed by atoms with Crippen LogP contribution in [0.25, 0.3) is 0 Å². The Balaban J connectivity index is 0.000000311. The largest absolute Gasteiger partial charge is 0.522 e. The predicted octanol–water partition coefficient (Wildman–Crippen LogP) is 4.25. The SMILES string of the molecule is Nc1ncc(C#Cc2cc(C(=O)NC(CO)CCOC(F)(F)F)ccc2OC(F)F)cn1.O=C(O)c1ccc(OC(F)F)c(C#Cc2cncnc2)c1. The van der Waals surface area contributed by atoms with Crippen molar-refractivity contribution in [3.63, 3.8) is 0 Å². The van der Waals surface area contributed by atoms with Gasteiger partial charge in [0, 0.05) is 30.4 Å². The molecule has 4 aromatic rings. The van der Waals surface area contributed by atoms with Crippen LogP contribution < -0.4 is 20.5 Å². The highest BCUT2D eigenvalue weighted by Crippen LogP contribution is 2.23. The molecule has 0 radical (unpaired) electrons. The molecule has 0 saturated carbocycles. The Morgan fingerprint density at radius 1 is 0.811 bits per heavy atom. The molecular weight excluding hydrogens is 725 g/mol. The third-order valence-corrected chi connectivity index (χ3v) is 6.10. The first kappa shape index (κ1) is 40.9. The Morgan fingerprint density at radius 3 is 1.81 bits per heavy atom. The summed E-state index contributed by atoms with van der Waals surface area (Å²) in [6.45, 7) is -7.61. The Morgan fingerprint density at radius 2 is 1.32 bits per heavy atom. The molecule has 0 saturated heterocycles. The first-order valence-electron chi connectivity index (χ1n) is 14.5. The van der Waals surface area contributed by atoms with E-state index < -0.39 is 50.7 Å². The minimum Gasteiger partial charge on any atom is -0.478 e. The van der Waals surface area contributed by atoms with Crippen molar-refractivity contribution in [1.29, 1.82) is 0 Å². The van der Waals surface area contributed by atoms with Crippen molar-refractivity contribution >= 4 is 17.8 Å². The second kappa shape index (κ2) is 19.8. The molecule has 0 spiro atoms. The van der Waals surface area contributed by atoms with E-state index in [1.807, 2.05) is 0 Å². The first-order chi connectivity index (χ1) is 25.1. The molecule has 20 heteroatoms. The highest BCUT2D eigenvalue weighted by Gasteiger charge is 2.29. The molecule has 2 aromatic carbocycles. The fourth-order valence-corrected chi connectivity index (χ4v) is 3.77. The number of carboxylic acid groups (broad SMARTS) is 1. The average molecular weight is 751 g/mol. The van der Waals surface area contributed by atoms with Gasteiger partial charge >= 0.3 is 25.6 Å². The number of benzene rings is 2. The van der Waals surface area contributed by atoms with Crippen LogP contribution in [0.4, 0.5) is 36.7 Å². The lowest BCUT2D eigenvalue weighted by Crippen LogP contribution is -2.38. The van der Waals surface area contributed by atoms with Gasteiger partial charge in [0.25, 0.3) is 5.91 Å². The van der Waals surface area contributed by atoms with E-state index in [0.29, 0.717) is 11.1 Å². The normalized spacial score (nSPS) is 11.2. The molecule has 2 heterocycles. The fourth-order valence-electron chi connectivity index (χ4n) is 3.77. The van der Waals surface area contributed by atoms with E-state index >= 15 is 0 Å². The van der Waals surface area contributed by atoms with E-state index in [1.54, 1.807) is 0 Å². The average Bonchev–Trinajstić information content (AvgIpc) is 3.10. The number of carbonyl (C=O) groups excluding carboxylic acids is 1. The summed E-state index contributed by atoms with van der Waals surface area (Å²) in [6, 6.07) is 5.83. The topological polar surface area (TPSA) is 192 Å². The van der Waals surface area contributed by atoms with Crippen molar-refractivity contribution < 1.29 is 64.7 Å². The number of aliphatic hydroxyl groups excluding tert-OH is 1. The van der Waals surface area contributed by atoms with Gasteiger partial charge in [-0.2, -0.15) is 17.6 Å². The van der Waals surface area contributed by atoms with Crippen LogP contribution in [0.5, 0.6) is 11.5 Å². The lowest BCUT2D eigenvalue weighted by molar-refractivity contribution is -0.325. The van der Waals surface area contributed by atoms with Gasteiger partial charge in [0.1, 0.15) is 17.8 Å². The van der Waals surface area contributed by atoms with Crippen molar-refractivity contribution in [3.05, 3.63) is 101 Å². The minimum atomic E-state index is -4.84. The molecule has 5 N–H and O–H groups in total. The van der Waals surface area contributed by atoms with Crippen LogP contribution in [-0.2, 0) is 4.74 Å². The highest BCUT2D eigenvalue weighted by molar-refractivity contribution is 5.95. The molecule has 0 aliphatic rings. The number of anilines is 1. The van der Waals surface area contributed by atoms with Gasteiger partial charge in [-0.05, 0) is 42.8 Å². The number of nitrogen functional groups attached to an aromatic ring is 1. The Labute approximate surface area is 295 Å². The van der Waals surface area contributed by atoms with Crippen LogP contribution >= 0.6 is 0 Å². The van der Waals surface area contributed by atoms with Gasteiger partial charge in [-0.25, -0.2) is 24.7 Å². The van der Waals surface area contributed by atoms with E-state index in [9.17, 15) is 45.4 Å². The maximum atomic E-state index is 12.7. The third kappa shape index (κ3) is 14.7. The van der Waals surface area contributed by atoms with Crippen LogP contribution in [0.15, 0.2) is 67.5 Å². The monoisotopic (exact) mass is 750 g/mol. The van der Waals surface area contributed by atoms with Crippen LogP contribution in [0.2, 0.25) is 0 Å². The van der Waals surface area contributed by atoms with Gasteiger partial charge in [0.15, 0.2) is 0 Å². The molecule has 278 valence electrons. The summed E-state index contributed by atoms with van der Waals surface area (Å²) in [6.07, 6.45) is 1.64. The molecule has 1 amide bonds. The van der Waals surface area contributed by atoms with Crippen LogP contribution in [0.1, 0.15) is 49.4 Å². The molecule has 0 fully saturated rings. The number of ether oxygens (including phenoxy) is 3. The quantitative estimate of drug-likeness (QED) is 0.126. The number of rotatable bonds is 11. The van der Waals surface area contributed by atoms with Gasteiger partial charge in [-0.1, -0.05) is 23.7 Å². The summed E-state index contributed by atoms with van der Waals surface area (Å²) in [7, 11) is 0. The summed E-state index contributed by atoms with van der Waals surface area (Å²) in [5.41, 5.74) is 5.97. The number of carbonyl (C=O) groups is 2. The van der Waals surface area contributed by atoms with E-state index in [1.165, 1.54) is 31.1 Å². The number of carboxylic acids is 1. The summed E-state index contributed by atoms with van der Waals surface area (Å²) in [4.78, 5) is 38.3. The maximum Gasteiger partial charge on any atom is 0.522 e. The van der Waals surface area contributed by atoms with Crippen LogP contribution in [-0.4, -0.2) is 80.9 Å². The number of nitrogens with two attached hydrogens (primary N) is 1. The summed E-state index contributed by atoms with van der Waals surface area (Å²) >= 11 is 0. The maximum absolute atomic E-state index is 12.7. The van der Waals surface area contributed by atoms with E-state index in [-0.39, 0.29) is 46.1 Å². The highest BCUT2D eigenvalue weighted by atomic mass is 19.4. The number of amides is 1. The molecule has 1 unspecified atom stereocenters. The van der Waals surface area contributed by atoms with E-state index in [4.69, 9.17) is 10.8 Å². The molecule has 1 atom stereocenters. The minimum absolute atomic E-state index is 0.00927. The smallest absolute Gasteiger partial charge is 0.478 e. The zero-order valence-electron chi connectivity index (χ0n) is 26.7. The number of nitrogens with zero attached hydrogens (tertiary/aromatic N) is 4. The number of alkyl halides is 7. The molecular formula is C33H25F7N6O7. The number of aromatic carboxylic acids is 1. The molecule has 0 aliphatic carbocycles. The zero-order chi connectivity index (χ0) is 39.0. The van der Waals surface area contributed by atoms with Crippen molar-refractivity contribution in [1.82, 2.24) is 25.3 Å². The van der Waals surface area contributed by atoms with E-state index in [0.717, 1.165) is 36.4 Å². The van der Waals surface area contributed by atoms with Gasteiger partial charge in [-0.15, -0.1) is 13.2 Å².